The summed E-state index contributed by atoms with van der Waals surface area (Å²) in [5.74, 6) is -3.25. The minimum Gasteiger partial charge on any atom is -0.481 e. The van der Waals surface area contributed by atoms with Gasteiger partial charge in [0, 0.05) is 5.56 Å². The molecule has 1 aromatic carbocycles. The summed E-state index contributed by atoms with van der Waals surface area (Å²) in [6.45, 7) is 1.30. The third kappa shape index (κ3) is 2.16. The first kappa shape index (κ1) is 10.4. The number of Topliss-reactive ketones (excluding diaryl/α,β-unsaturated/α-hetero) is 1. The van der Waals surface area contributed by atoms with Crippen LogP contribution in [0, 0.1) is 11.7 Å². The molecule has 1 aromatic rings. The van der Waals surface area contributed by atoms with E-state index in [0.717, 1.165) is 12.1 Å². The standard InChI is InChI=1S/C10H9FO3/c1-6(10(13)14)9(12)7-2-4-8(11)5-3-7/h2-6H,1H3,(H,13,14). The Hall–Kier alpha value is -1.71. The first-order chi connectivity index (χ1) is 6.52. The summed E-state index contributed by atoms with van der Waals surface area (Å²) in [6, 6.07) is 4.80. The second-order valence-corrected chi connectivity index (χ2v) is 2.93. The van der Waals surface area contributed by atoms with E-state index in [0.29, 0.717) is 0 Å². The van der Waals surface area contributed by atoms with Crippen molar-refractivity contribution in [3.05, 3.63) is 35.6 Å². The second kappa shape index (κ2) is 4.00. The van der Waals surface area contributed by atoms with Crippen LogP contribution in [0.3, 0.4) is 0 Å². The van der Waals surface area contributed by atoms with E-state index in [1.807, 2.05) is 0 Å². The molecule has 14 heavy (non-hydrogen) atoms. The monoisotopic (exact) mass is 196 g/mol. The van der Waals surface area contributed by atoms with E-state index in [2.05, 4.69) is 0 Å². The lowest BCUT2D eigenvalue weighted by Gasteiger charge is -2.04. The van der Waals surface area contributed by atoms with Crippen molar-refractivity contribution in [2.45, 2.75) is 6.92 Å². The SMILES string of the molecule is CC(C(=O)O)C(=O)c1ccc(F)cc1. The molecule has 0 aromatic heterocycles. The number of halogens is 1. The molecule has 3 nitrogen and oxygen atoms in total. The third-order valence-corrected chi connectivity index (χ3v) is 1.89. The maximum Gasteiger partial charge on any atom is 0.314 e. The van der Waals surface area contributed by atoms with Crippen molar-refractivity contribution in [3.63, 3.8) is 0 Å². The number of carboxylic acid groups (broad SMARTS) is 1. The van der Waals surface area contributed by atoms with Crippen molar-refractivity contribution >= 4 is 11.8 Å². The highest BCUT2D eigenvalue weighted by atomic mass is 19.1. The Morgan fingerprint density at radius 2 is 1.79 bits per heavy atom. The van der Waals surface area contributed by atoms with Crippen molar-refractivity contribution in [1.82, 2.24) is 0 Å². The Morgan fingerprint density at radius 3 is 2.21 bits per heavy atom. The molecule has 1 atom stereocenters. The average Bonchev–Trinajstić information content (AvgIpc) is 2.16. The molecule has 0 radical (unpaired) electrons. The van der Waals surface area contributed by atoms with Crippen LogP contribution in [0.15, 0.2) is 24.3 Å². The molecule has 74 valence electrons. The second-order valence-electron chi connectivity index (χ2n) is 2.93. The smallest absolute Gasteiger partial charge is 0.314 e. The van der Waals surface area contributed by atoms with Gasteiger partial charge in [-0.2, -0.15) is 0 Å². The van der Waals surface area contributed by atoms with Crippen LogP contribution >= 0.6 is 0 Å². The molecule has 1 rings (SSSR count). The average molecular weight is 196 g/mol. The summed E-state index contributed by atoms with van der Waals surface area (Å²) in [5, 5.41) is 8.57. The maximum atomic E-state index is 12.5. The van der Waals surface area contributed by atoms with Crippen LogP contribution in [-0.4, -0.2) is 16.9 Å². The summed E-state index contributed by atoms with van der Waals surface area (Å²) >= 11 is 0. The van der Waals surface area contributed by atoms with Crippen LogP contribution < -0.4 is 0 Å². The predicted molar refractivity (Wildman–Crippen MR) is 47.5 cm³/mol. The molecule has 1 unspecified atom stereocenters. The van der Waals surface area contributed by atoms with Crippen molar-refractivity contribution in [3.8, 4) is 0 Å². The Morgan fingerprint density at radius 1 is 1.29 bits per heavy atom. The molecular formula is C10H9FO3. The van der Waals surface area contributed by atoms with Crippen molar-refractivity contribution < 1.29 is 19.1 Å². The van der Waals surface area contributed by atoms with Gasteiger partial charge in [0.1, 0.15) is 11.7 Å². The third-order valence-electron chi connectivity index (χ3n) is 1.89. The van der Waals surface area contributed by atoms with Crippen molar-refractivity contribution in [2.24, 2.45) is 5.92 Å². The van der Waals surface area contributed by atoms with E-state index < -0.39 is 23.5 Å². The normalized spacial score (nSPS) is 12.1. The van der Waals surface area contributed by atoms with Gasteiger partial charge in [-0.15, -0.1) is 0 Å². The van der Waals surface area contributed by atoms with Crippen LogP contribution in [0.2, 0.25) is 0 Å². The van der Waals surface area contributed by atoms with Crippen LogP contribution in [-0.2, 0) is 4.79 Å². The molecule has 0 spiro atoms. The highest BCUT2D eigenvalue weighted by Gasteiger charge is 2.21. The van der Waals surface area contributed by atoms with E-state index >= 15 is 0 Å². The lowest BCUT2D eigenvalue weighted by molar-refractivity contribution is -0.139. The van der Waals surface area contributed by atoms with Crippen LogP contribution in [0.5, 0.6) is 0 Å². The number of rotatable bonds is 3. The van der Waals surface area contributed by atoms with Crippen LogP contribution in [0.25, 0.3) is 0 Å². The van der Waals surface area contributed by atoms with Crippen molar-refractivity contribution in [1.29, 1.82) is 0 Å². The summed E-state index contributed by atoms with van der Waals surface area (Å²) < 4.78 is 12.5. The lowest BCUT2D eigenvalue weighted by atomic mass is 10.00. The Kier molecular flexibility index (Phi) is 2.96. The van der Waals surface area contributed by atoms with E-state index in [-0.39, 0.29) is 5.56 Å². The maximum absolute atomic E-state index is 12.5. The largest absolute Gasteiger partial charge is 0.481 e. The van der Waals surface area contributed by atoms with Gasteiger partial charge in [0.2, 0.25) is 0 Å². The van der Waals surface area contributed by atoms with Gasteiger partial charge < -0.3 is 5.11 Å². The molecule has 0 aliphatic rings. The number of carbonyl (C=O) groups excluding carboxylic acids is 1. The van der Waals surface area contributed by atoms with Gasteiger partial charge in [0.05, 0.1) is 0 Å². The minimum absolute atomic E-state index is 0.210. The zero-order chi connectivity index (χ0) is 10.7. The molecule has 0 heterocycles. The Labute approximate surface area is 80.2 Å². The lowest BCUT2D eigenvalue weighted by Crippen LogP contribution is -2.20. The zero-order valence-corrected chi connectivity index (χ0v) is 7.53. The zero-order valence-electron chi connectivity index (χ0n) is 7.53. The first-order valence-electron chi connectivity index (χ1n) is 4.05. The summed E-state index contributed by atoms with van der Waals surface area (Å²) in [4.78, 5) is 21.9. The number of carbonyl (C=O) groups is 2. The fraction of sp³-hybridized carbons (Fsp3) is 0.200. The number of hydrogen-bond acceptors (Lipinski definition) is 2. The van der Waals surface area contributed by atoms with Gasteiger partial charge >= 0.3 is 5.97 Å². The van der Waals surface area contributed by atoms with E-state index in [1.54, 1.807) is 0 Å². The number of benzene rings is 1. The summed E-state index contributed by atoms with van der Waals surface area (Å²) in [5.41, 5.74) is 0.210. The Balaban J connectivity index is 2.90. The highest BCUT2D eigenvalue weighted by Crippen LogP contribution is 2.09. The first-order valence-corrected chi connectivity index (χ1v) is 4.05. The highest BCUT2D eigenvalue weighted by molar-refractivity contribution is 6.07. The number of ketones is 1. The van der Waals surface area contributed by atoms with Crippen LogP contribution in [0.4, 0.5) is 4.39 Å². The van der Waals surface area contributed by atoms with Crippen molar-refractivity contribution in [2.75, 3.05) is 0 Å². The molecule has 0 amide bonds. The van der Waals surface area contributed by atoms with Crippen LogP contribution in [0.1, 0.15) is 17.3 Å². The fourth-order valence-corrected chi connectivity index (χ4v) is 0.976. The van der Waals surface area contributed by atoms with E-state index in [1.165, 1.54) is 19.1 Å². The number of aliphatic carboxylic acids is 1. The van der Waals surface area contributed by atoms with Gasteiger partial charge in [0.15, 0.2) is 5.78 Å². The predicted octanol–water partition coefficient (Wildman–Crippen LogP) is 1.73. The molecule has 0 fully saturated rings. The molecule has 0 bridgehead atoms. The molecular weight excluding hydrogens is 187 g/mol. The molecule has 0 aliphatic heterocycles. The Bertz CT molecular complexity index is 356. The quantitative estimate of drug-likeness (QED) is 0.591. The molecule has 0 saturated carbocycles. The van der Waals surface area contributed by atoms with Gasteiger partial charge in [-0.1, -0.05) is 0 Å². The molecule has 4 heteroatoms. The topological polar surface area (TPSA) is 54.4 Å². The van der Waals surface area contributed by atoms with Gasteiger partial charge in [-0.05, 0) is 31.2 Å². The van der Waals surface area contributed by atoms with E-state index in [4.69, 9.17) is 5.11 Å². The molecule has 1 N–H and O–H groups in total. The minimum atomic E-state index is -1.18. The number of hydrogen-bond donors (Lipinski definition) is 1. The van der Waals surface area contributed by atoms with Gasteiger partial charge in [-0.25, -0.2) is 4.39 Å². The number of carboxylic acids is 1. The summed E-state index contributed by atoms with van der Waals surface area (Å²) in [6.07, 6.45) is 0. The fourth-order valence-electron chi connectivity index (χ4n) is 0.976. The molecule has 0 saturated heterocycles. The van der Waals surface area contributed by atoms with Gasteiger partial charge in [-0.3, -0.25) is 9.59 Å². The molecule has 0 aliphatic carbocycles. The van der Waals surface area contributed by atoms with Gasteiger partial charge in [0.25, 0.3) is 0 Å². The van der Waals surface area contributed by atoms with E-state index in [9.17, 15) is 14.0 Å². The summed E-state index contributed by atoms with van der Waals surface area (Å²) in [7, 11) is 0.